The van der Waals surface area contributed by atoms with Gasteiger partial charge in [0.05, 0.1) is 5.52 Å². The molecule has 0 atom stereocenters. The molecule has 4 nitrogen and oxygen atoms in total. The Balaban J connectivity index is 1.78. The molecule has 5 rings (SSSR count). The second kappa shape index (κ2) is 5.53. The van der Waals surface area contributed by atoms with Crippen molar-refractivity contribution in [3.05, 3.63) is 58.2 Å². The zero-order valence-electron chi connectivity index (χ0n) is 13.5. The Morgan fingerprint density at radius 2 is 1.84 bits per heavy atom. The van der Waals surface area contributed by atoms with E-state index < -0.39 is 0 Å². The van der Waals surface area contributed by atoms with E-state index in [1.165, 1.54) is 5.56 Å². The van der Waals surface area contributed by atoms with E-state index in [0.29, 0.717) is 16.3 Å². The van der Waals surface area contributed by atoms with Crippen LogP contribution < -0.4 is 9.47 Å². The van der Waals surface area contributed by atoms with Crippen molar-refractivity contribution in [1.29, 1.82) is 0 Å². The van der Waals surface area contributed by atoms with Crippen LogP contribution in [0.3, 0.4) is 0 Å². The Bertz CT molecular complexity index is 1020. The van der Waals surface area contributed by atoms with E-state index in [9.17, 15) is 4.79 Å². The predicted molar refractivity (Wildman–Crippen MR) is 95.9 cm³/mol. The van der Waals surface area contributed by atoms with Gasteiger partial charge >= 0.3 is 0 Å². The number of rotatable bonds is 1. The summed E-state index contributed by atoms with van der Waals surface area (Å²) in [4.78, 5) is 13.3. The number of hydrogen-bond acceptors (Lipinski definition) is 3. The lowest BCUT2D eigenvalue weighted by molar-refractivity contribution is 0.0961. The first-order valence-electron chi connectivity index (χ1n) is 8.48. The molecule has 0 fully saturated rings. The first-order valence-corrected chi connectivity index (χ1v) is 8.86. The molecule has 0 saturated heterocycles. The van der Waals surface area contributed by atoms with E-state index >= 15 is 0 Å². The molecule has 0 bridgehead atoms. The van der Waals surface area contributed by atoms with Gasteiger partial charge in [0.15, 0.2) is 11.5 Å². The molecule has 126 valence electrons. The first-order chi connectivity index (χ1) is 12.2. The van der Waals surface area contributed by atoms with Gasteiger partial charge in [0.1, 0.15) is 0 Å². The van der Waals surface area contributed by atoms with Crippen molar-refractivity contribution >= 4 is 28.4 Å². The van der Waals surface area contributed by atoms with Gasteiger partial charge in [-0.3, -0.25) is 9.36 Å². The van der Waals surface area contributed by atoms with Crippen LogP contribution >= 0.6 is 11.6 Å². The number of aromatic nitrogens is 1. The third-order valence-corrected chi connectivity index (χ3v) is 5.28. The van der Waals surface area contributed by atoms with Crippen LogP contribution in [0.1, 0.15) is 34.5 Å². The Labute approximate surface area is 149 Å². The summed E-state index contributed by atoms with van der Waals surface area (Å²) in [6, 6.07) is 11.1. The molecule has 3 aromatic rings. The van der Waals surface area contributed by atoms with E-state index in [1.54, 1.807) is 12.1 Å². The van der Waals surface area contributed by atoms with E-state index in [1.807, 2.05) is 28.8 Å². The van der Waals surface area contributed by atoms with Crippen LogP contribution in [-0.2, 0) is 12.8 Å². The summed E-state index contributed by atoms with van der Waals surface area (Å²) < 4.78 is 12.9. The highest BCUT2D eigenvalue weighted by molar-refractivity contribution is 6.31. The number of carbonyl (C=O) groups excluding carboxylic acids is 1. The van der Waals surface area contributed by atoms with Gasteiger partial charge in [-0.25, -0.2) is 0 Å². The maximum absolute atomic E-state index is 13.3. The smallest absolute Gasteiger partial charge is 0.262 e. The fourth-order valence-electron chi connectivity index (χ4n) is 3.91. The third kappa shape index (κ3) is 2.24. The maximum Gasteiger partial charge on any atom is 0.262 e. The summed E-state index contributed by atoms with van der Waals surface area (Å²) >= 11 is 6.09. The van der Waals surface area contributed by atoms with Gasteiger partial charge in [-0.2, -0.15) is 0 Å². The number of nitrogens with zero attached hydrogens (tertiary/aromatic N) is 1. The van der Waals surface area contributed by atoms with Gasteiger partial charge in [-0.05, 0) is 55.5 Å². The van der Waals surface area contributed by atoms with E-state index in [-0.39, 0.29) is 12.7 Å². The average Bonchev–Trinajstić information content (AvgIpc) is 3.21. The van der Waals surface area contributed by atoms with Crippen LogP contribution in [0, 0.1) is 0 Å². The standard InChI is InChI=1S/C20H16ClNO3/c21-13-5-3-4-12(8-13)20(23)22-16-7-2-1-6-14(16)15-9-18-19(10-17(15)22)25-11-24-18/h3-5,8-10H,1-2,6-7,11H2. The Kier molecular flexibility index (Phi) is 3.28. The summed E-state index contributed by atoms with van der Waals surface area (Å²) in [6.07, 6.45) is 4.13. The predicted octanol–water partition coefficient (Wildman–Crippen LogP) is 4.59. The fourth-order valence-corrected chi connectivity index (χ4v) is 4.10. The van der Waals surface area contributed by atoms with Gasteiger partial charge in [-0.1, -0.05) is 17.7 Å². The number of carbonyl (C=O) groups is 1. The lowest BCUT2D eigenvalue weighted by Gasteiger charge is -2.15. The van der Waals surface area contributed by atoms with Crippen LogP contribution in [0.2, 0.25) is 5.02 Å². The van der Waals surface area contributed by atoms with Crippen LogP contribution in [0.25, 0.3) is 10.9 Å². The minimum absolute atomic E-state index is 0.0467. The molecule has 0 N–H and O–H groups in total. The van der Waals surface area contributed by atoms with Crippen LogP contribution in [0.4, 0.5) is 0 Å². The molecule has 2 aromatic carbocycles. The van der Waals surface area contributed by atoms with Gasteiger partial charge in [0.25, 0.3) is 5.91 Å². The molecule has 25 heavy (non-hydrogen) atoms. The highest BCUT2D eigenvalue weighted by Gasteiger charge is 2.27. The number of halogens is 1. The molecule has 0 amide bonds. The molecular weight excluding hydrogens is 338 g/mol. The van der Waals surface area contributed by atoms with Crippen molar-refractivity contribution in [1.82, 2.24) is 4.57 Å². The largest absolute Gasteiger partial charge is 0.454 e. The molecule has 1 aliphatic carbocycles. The number of hydrogen-bond donors (Lipinski definition) is 0. The van der Waals surface area contributed by atoms with Gasteiger partial charge in [0, 0.05) is 27.7 Å². The topological polar surface area (TPSA) is 40.5 Å². The molecule has 1 aromatic heterocycles. The van der Waals surface area contributed by atoms with Crippen molar-refractivity contribution in [2.24, 2.45) is 0 Å². The summed E-state index contributed by atoms with van der Waals surface area (Å²) in [5.41, 5.74) is 3.85. The number of fused-ring (bicyclic) bond motifs is 4. The van der Waals surface area contributed by atoms with Gasteiger partial charge in [0.2, 0.25) is 6.79 Å². The summed E-state index contributed by atoms with van der Waals surface area (Å²) in [5.74, 6) is 1.41. The van der Waals surface area contributed by atoms with Crippen molar-refractivity contribution in [2.75, 3.05) is 6.79 Å². The summed E-state index contributed by atoms with van der Waals surface area (Å²) in [6.45, 7) is 0.229. The molecular formula is C20H16ClNO3. The van der Waals surface area contributed by atoms with E-state index in [0.717, 1.165) is 48.0 Å². The number of ether oxygens (including phenoxy) is 2. The third-order valence-electron chi connectivity index (χ3n) is 5.04. The van der Waals surface area contributed by atoms with Crippen molar-refractivity contribution in [3.8, 4) is 11.5 Å². The molecule has 2 heterocycles. The maximum atomic E-state index is 13.3. The highest BCUT2D eigenvalue weighted by atomic mass is 35.5. The Morgan fingerprint density at radius 3 is 2.68 bits per heavy atom. The van der Waals surface area contributed by atoms with Crippen LogP contribution in [0.5, 0.6) is 11.5 Å². The van der Waals surface area contributed by atoms with Gasteiger partial charge < -0.3 is 9.47 Å². The minimum atomic E-state index is -0.0467. The van der Waals surface area contributed by atoms with Gasteiger partial charge in [-0.15, -0.1) is 0 Å². The van der Waals surface area contributed by atoms with E-state index in [2.05, 4.69) is 0 Å². The van der Waals surface area contributed by atoms with E-state index in [4.69, 9.17) is 21.1 Å². The molecule has 0 radical (unpaired) electrons. The molecule has 0 unspecified atom stereocenters. The normalized spacial score (nSPS) is 15.4. The summed E-state index contributed by atoms with van der Waals surface area (Å²) in [5, 5.41) is 1.66. The number of aryl methyl sites for hydroxylation is 1. The van der Waals surface area contributed by atoms with Crippen LogP contribution in [-0.4, -0.2) is 17.3 Å². The lowest BCUT2D eigenvalue weighted by Crippen LogP contribution is -2.17. The molecule has 2 aliphatic rings. The van der Waals surface area contributed by atoms with Crippen molar-refractivity contribution in [3.63, 3.8) is 0 Å². The molecule has 0 spiro atoms. The second-order valence-electron chi connectivity index (χ2n) is 6.51. The number of benzene rings is 2. The monoisotopic (exact) mass is 353 g/mol. The molecule has 1 aliphatic heterocycles. The quantitative estimate of drug-likeness (QED) is 0.642. The lowest BCUT2D eigenvalue weighted by atomic mass is 9.95. The Hall–Kier alpha value is -2.46. The van der Waals surface area contributed by atoms with Crippen molar-refractivity contribution < 1.29 is 14.3 Å². The Morgan fingerprint density at radius 1 is 1.04 bits per heavy atom. The second-order valence-corrected chi connectivity index (χ2v) is 6.94. The zero-order chi connectivity index (χ0) is 17.0. The SMILES string of the molecule is O=C(c1cccc(Cl)c1)n1c2c(c3cc4c(cc31)OCO4)CCCC2. The fraction of sp³-hybridized carbons (Fsp3) is 0.250. The molecule has 5 heteroatoms. The van der Waals surface area contributed by atoms with Crippen LogP contribution in [0.15, 0.2) is 36.4 Å². The highest BCUT2D eigenvalue weighted by Crippen LogP contribution is 2.41. The zero-order valence-corrected chi connectivity index (χ0v) is 14.3. The molecule has 0 saturated carbocycles. The summed E-state index contributed by atoms with van der Waals surface area (Å²) in [7, 11) is 0. The average molecular weight is 354 g/mol. The first kappa shape index (κ1) is 14.8. The minimum Gasteiger partial charge on any atom is -0.454 e. The van der Waals surface area contributed by atoms with Crippen molar-refractivity contribution in [2.45, 2.75) is 25.7 Å².